The lowest BCUT2D eigenvalue weighted by Crippen LogP contribution is -2.55. The van der Waals surface area contributed by atoms with E-state index in [1.807, 2.05) is 0 Å². The van der Waals surface area contributed by atoms with Gasteiger partial charge < -0.3 is 9.84 Å². The van der Waals surface area contributed by atoms with Crippen LogP contribution in [0.1, 0.15) is 39.0 Å². The first-order valence-corrected chi connectivity index (χ1v) is 6.12. The predicted octanol–water partition coefficient (Wildman–Crippen LogP) is 1.65. The standard InChI is InChI=1S/C12H23NO3/c1-3-10-4-6-12(7-5-10,11(14)15)13-8-9-16-2/h10,13H,3-9H2,1-2H3,(H,14,15). The average molecular weight is 229 g/mol. The number of nitrogens with one attached hydrogen (secondary N) is 1. The molecule has 16 heavy (non-hydrogen) atoms. The summed E-state index contributed by atoms with van der Waals surface area (Å²) in [6.45, 7) is 3.35. The number of carboxylic acid groups (broad SMARTS) is 1. The fourth-order valence-corrected chi connectivity index (χ4v) is 2.44. The zero-order valence-corrected chi connectivity index (χ0v) is 10.3. The van der Waals surface area contributed by atoms with E-state index in [0.717, 1.165) is 32.1 Å². The van der Waals surface area contributed by atoms with Crippen molar-refractivity contribution in [2.45, 2.75) is 44.6 Å². The van der Waals surface area contributed by atoms with E-state index in [-0.39, 0.29) is 0 Å². The topological polar surface area (TPSA) is 58.6 Å². The van der Waals surface area contributed by atoms with Gasteiger partial charge in [-0.3, -0.25) is 10.1 Å². The molecule has 94 valence electrons. The van der Waals surface area contributed by atoms with Crippen LogP contribution in [-0.4, -0.2) is 36.9 Å². The normalized spacial score (nSPS) is 30.2. The third-order valence-corrected chi connectivity index (χ3v) is 3.72. The number of methoxy groups -OCH3 is 1. The van der Waals surface area contributed by atoms with Crippen molar-refractivity contribution in [1.82, 2.24) is 5.32 Å². The van der Waals surface area contributed by atoms with Crippen LogP contribution in [0.25, 0.3) is 0 Å². The van der Waals surface area contributed by atoms with Gasteiger partial charge in [0.25, 0.3) is 0 Å². The summed E-state index contributed by atoms with van der Waals surface area (Å²) in [5.41, 5.74) is -0.704. The van der Waals surface area contributed by atoms with Crippen molar-refractivity contribution in [3.63, 3.8) is 0 Å². The molecule has 0 spiro atoms. The SMILES string of the molecule is CCC1CCC(NCCOC)(C(=O)O)CC1. The fraction of sp³-hybridized carbons (Fsp3) is 0.917. The van der Waals surface area contributed by atoms with Crippen molar-refractivity contribution in [3.05, 3.63) is 0 Å². The minimum absolute atomic E-state index is 0.562. The minimum atomic E-state index is -0.710. The molecule has 0 aliphatic heterocycles. The van der Waals surface area contributed by atoms with Crippen LogP contribution < -0.4 is 5.32 Å². The zero-order chi connectivity index (χ0) is 12.0. The Hall–Kier alpha value is -0.610. The van der Waals surface area contributed by atoms with E-state index >= 15 is 0 Å². The van der Waals surface area contributed by atoms with E-state index in [2.05, 4.69) is 12.2 Å². The lowest BCUT2D eigenvalue weighted by molar-refractivity contribution is -0.147. The molecule has 1 aliphatic carbocycles. The van der Waals surface area contributed by atoms with Crippen molar-refractivity contribution < 1.29 is 14.6 Å². The number of rotatable bonds is 6. The number of carboxylic acids is 1. The molecule has 1 saturated carbocycles. The molecule has 2 N–H and O–H groups in total. The van der Waals surface area contributed by atoms with E-state index in [4.69, 9.17) is 4.74 Å². The molecule has 0 aromatic heterocycles. The zero-order valence-electron chi connectivity index (χ0n) is 10.3. The summed E-state index contributed by atoms with van der Waals surface area (Å²) < 4.78 is 4.94. The number of aliphatic carboxylic acids is 1. The summed E-state index contributed by atoms with van der Waals surface area (Å²) in [5.74, 6) is -0.00476. The summed E-state index contributed by atoms with van der Waals surface area (Å²) in [7, 11) is 1.63. The Morgan fingerprint density at radius 2 is 2.12 bits per heavy atom. The monoisotopic (exact) mass is 229 g/mol. The maximum absolute atomic E-state index is 11.4. The van der Waals surface area contributed by atoms with Gasteiger partial charge in [-0.05, 0) is 31.6 Å². The van der Waals surface area contributed by atoms with Gasteiger partial charge in [0.15, 0.2) is 0 Å². The van der Waals surface area contributed by atoms with E-state index in [0.29, 0.717) is 19.1 Å². The van der Waals surface area contributed by atoms with Crippen molar-refractivity contribution in [3.8, 4) is 0 Å². The van der Waals surface area contributed by atoms with Gasteiger partial charge in [0, 0.05) is 13.7 Å². The second kappa shape index (κ2) is 6.21. The molecule has 0 amide bonds. The molecule has 1 rings (SSSR count). The second-order valence-corrected chi connectivity index (χ2v) is 4.66. The first-order valence-electron chi connectivity index (χ1n) is 6.12. The van der Waals surface area contributed by atoms with Gasteiger partial charge in [-0.15, -0.1) is 0 Å². The Morgan fingerprint density at radius 1 is 1.50 bits per heavy atom. The average Bonchev–Trinajstić information content (AvgIpc) is 2.30. The molecule has 0 aromatic carbocycles. The lowest BCUT2D eigenvalue weighted by Gasteiger charge is -2.37. The van der Waals surface area contributed by atoms with Crippen LogP contribution in [0.5, 0.6) is 0 Å². The van der Waals surface area contributed by atoms with Gasteiger partial charge in [-0.1, -0.05) is 13.3 Å². The highest BCUT2D eigenvalue weighted by Crippen LogP contribution is 2.33. The van der Waals surface area contributed by atoms with Crippen molar-refractivity contribution in [2.24, 2.45) is 5.92 Å². The van der Waals surface area contributed by atoms with Crippen LogP contribution in [0.15, 0.2) is 0 Å². The van der Waals surface area contributed by atoms with Crippen molar-refractivity contribution in [2.75, 3.05) is 20.3 Å². The first kappa shape index (κ1) is 13.5. The number of hydrogen-bond donors (Lipinski definition) is 2. The molecule has 0 radical (unpaired) electrons. The summed E-state index contributed by atoms with van der Waals surface area (Å²) in [5, 5.41) is 12.5. The molecule has 0 bridgehead atoms. The number of carbonyl (C=O) groups is 1. The molecule has 1 aliphatic rings. The molecule has 4 heteroatoms. The highest BCUT2D eigenvalue weighted by atomic mass is 16.5. The Balaban J connectivity index is 2.51. The molecule has 0 heterocycles. The van der Waals surface area contributed by atoms with Crippen LogP contribution in [-0.2, 0) is 9.53 Å². The maximum atomic E-state index is 11.4. The molecule has 0 aromatic rings. The van der Waals surface area contributed by atoms with E-state index in [9.17, 15) is 9.90 Å². The predicted molar refractivity (Wildman–Crippen MR) is 62.5 cm³/mol. The van der Waals surface area contributed by atoms with Gasteiger partial charge in [0.2, 0.25) is 0 Å². The Kier molecular flexibility index (Phi) is 5.22. The van der Waals surface area contributed by atoms with Gasteiger partial charge in [0.1, 0.15) is 5.54 Å². The molecular weight excluding hydrogens is 206 g/mol. The molecule has 4 nitrogen and oxygen atoms in total. The van der Waals surface area contributed by atoms with E-state index in [1.54, 1.807) is 7.11 Å². The third kappa shape index (κ3) is 3.19. The van der Waals surface area contributed by atoms with Crippen LogP contribution in [0.4, 0.5) is 0 Å². The fourth-order valence-electron chi connectivity index (χ4n) is 2.44. The number of ether oxygens (including phenoxy) is 1. The van der Waals surface area contributed by atoms with Crippen molar-refractivity contribution >= 4 is 5.97 Å². The Morgan fingerprint density at radius 3 is 2.56 bits per heavy atom. The Labute approximate surface area is 97.4 Å². The maximum Gasteiger partial charge on any atom is 0.323 e. The lowest BCUT2D eigenvalue weighted by atomic mass is 9.75. The van der Waals surface area contributed by atoms with Crippen molar-refractivity contribution in [1.29, 1.82) is 0 Å². The van der Waals surface area contributed by atoms with E-state index in [1.165, 1.54) is 0 Å². The quantitative estimate of drug-likeness (QED) is 0.680. The van der Waals surface area contributed by atoms with Gasteiger partial charge in [0.05, 0.1) is 6.61 Å². The summed E-state index contributed by atoms with van der Waals surface area (Å²) >= 11 is 0. The van der Waals surface area contributed by atoms with Gasteiger partial charge in [-0.2, -0.15) is 0 Å². The highest BCUT2D eigenvalue weighted by Gasteiger charge is 2.40. The molecular formula is C12H23NO3. The summed E-state index contributed by atoms with van der Waals surface area (Å²) in [6, 6.07) is 0. The van der Waals surface area contributed by atoms with Crippen LogP contribution >= 0.6 is 0 Å². The number of hydrogen-bond acceptors (Lipinski definition) is 3. The van der Waals surface area contributed by atoms with Crippen LogP contribution in [0.3, 0.4) is 0 Å². The molecule has 0 atom stereocenters. The molecule has 0 saturated heterocycles. The highest BCUT2D eigenvalue weighted by molar-refractivity contribution is 5.78. The first-order chi connectivity index (χ1) is 7.64. The van der Waals surface area contributed by atoms with Crippen LogP contribution in [0, 0.1) is 5.92 Å². The largest absolute Gasteiger partial charge is 0.480 e. The minimum Gasteiger partial charge on any atom is -0.480 e. The smallest absolute Gasteiger partial charge is 0.323 e. The molecule has 1 fully saturated rings. The summed E-state index contributed by atoms with van der Waals surface area (Å²) in [6.07, 6.45) is 4.68. The van der Waals surface area contributed by atoms with Gasteiger partial charge >= 0.3 is 5.97 Å². The Bertz CT molecular complexity index is 217. The summed E-state index contributed by atoms with van der Waals surface area (Å²) in [4.78, 5) is 11.4. The third-order valence-electron chi connectivity index (χ3n) is 3.72. The second-order valence-electron chi connectivity index (χ2n) is 4.66. The van der Waals surface area contributed by atoms with E-state index < -0.39 is 11.5 Å². The molecule has 0 unspecified atom stereocenters. The van der Waals surface area contributed by atoms with Gasteiger partial charge in [-0.25, -0.2) is 0 Å². The van der Waals surface area contributed by atoms with Crippen LogP contribution in [0.2, 0.25) is 0 Å².